The van der Waals surface area contributed by atoms with E-state index in [0.717, 1.165) is 27.2 Å². The van der Waals surface area contributed by atoms with Crippen LogP contribution < -0.4 is 4.74 Å². The van der Waals surface area contributed by atoms with Crippen LogP contribution in [0.25, 0.3) is 0 Å². The van der Waals surface area contributed by atoms with Crippen molar-refractivity contribution in [2.75, 3.05) is 13.2 Å². The number of imide groups is 1. The molecule has 0 saturated carbocycles. The lowest BCUT2D eigenvalue weighted by Gasteiger charge is -2.45. The first-order valence-corrected chi connectivity index (χ1v) is 14.5. The summed E-state index contributed by atoms with van der Waals surface area (Å²) in [5.74, 6) is -4.71. The van der Waals surface area contributed by atoms with E-state index < -0.39 is 59.4 Å². The van der Waals surface area contributed by atoms with Crippen molar-refractivity contribution < 1.29 is 38.4 Å². The van der Waals surface area contributed by atoms with E-state index in [1.165, 1.54) is 48.5 Å². The van der Waals surface area contributed by atoms with Crippen molar-refractivity contribution in [3.8, 4) is 5.75 Å². The Morgan fingerprint density at radius 1 is 0.696 bits per heavy atom. The number of non-ortho nitro benzene ring substituents is 1. The molecular weight excluding hydrogens is 592 g/mol. The van der Waals surface area contributed by atoms with Gasteiger partial charge in [0.15, 0.2) is 12.4 Å². The minimum atomic E-state index is -0.885. The van der Waals surface area contributed by atoms with Crippen molar-refractivity contribution in [2.24, 2.45) is 11.8 Å². The molecule has 8 rings (SSSR count). The first kappa shape index (κ1) is 28.8. The van der Waals surface area contributed by atoms with Gasteiger partial charge in [0.05, 0.1) is 22.3 Å². The molecule has 4 aromatic carbocycles. The van der Waals surface area contributed by atoms with Gasteiger partial charge in [-0.2, -0.15) is 0 Å². The van der Waals surface area contributed by atoms with E-state index in [9.17, 15) is 34.1 Å². The third kappa shape index (κ3) is 4.73. The van der Waals surface area contributed by atoms with E-state index in [0.29, 0.717) is 0 Å². The second kappa shape index (κ2) is 11.2. The second-order valence-electron chi connectivity index (χ2n) is 11.3. The number of nitro groups is 1. The van der Waals surface area contributed by atoms with Crippen molar-refractivity contribution in [3.63, 3.8) is 0 Å². The Morgan fingerprint density at radius 2 is 1.17 bits per heavy atom. The molecule has 228 valence electrons. The standard InChI is InChI=1S/C35H24N2O9/c38-27(19-11-15-22(16-12-19)46-35(42)20-9-13-21(14-10-20)37(43)44)18-45-28(39)17-36-33(40)31-29-23-5-1-2-6-24(23)30(32(31)34(36)41)26-8-4-3-7-25(26)29/h1-16,29-32H,17-18H2. The Kier molecular flexibility index (Phi) is 7.00. The number of esters is 2. The molecule has 2 atom stereocenters. The smallest absolute Gasteiger partial charge is 0.343 e. The molecule has 46 heavy (non-hydrogen) atoms. The molecule has 4 aliphatic rings. The molecule has 1 saturated heterocycles. The van der Waals surface area contributed by atoms with Crippen molar-refractivity contribution >= 4 is 35.2 Å². The molecular formula is C35H24N2O9. The SMILES string of the molecule is O=C(CN1C(=O)C2C3c4ccccc4C(c4ccccc43)C2C1=O)OCC(=O)c1ccc(OC(=O)c2ccc([N+](=O)[O-])cc2)cc1. The van der Waals surface area contributed by atoms with Gasteiger partial charge in [-0.1, -0.05) is 48.5 Å². The number of Topliss-reactive ketones (excluding diaryl/α,β-unsaturated/α-hetero) is 1. The van der Waals surface area contributed by atoms with Crippen molar-refractivity contribution in [2.45, 2.75) is 11.8 Å². The highest BCUT2D eigenvalue weighted by atomic mass is 16.6. The van der Waals surface area contributed by atoms with E-state index >= 15 is 0 Å². The minimum absolute atomic E-state index is 0.105. The van der Waals surface area contributed by atoms with Crippen molar-refractivity contribution in [1.29, 1.82) is 0 Å². The van der Waals surface area contributed by atoms with Crippen molar-refractivity contribution in [3.05, 3.63) is 141 Å². The highest BCUT2D eigenvalue weighted by Gasteiger charge is 2.61. The molecule has 11 heteroatoms. The van der Waals surface area contributed by atoms with E-state index in [1.54, 1.807) is 0 Å². The number of nitro benzene ring substituents is 1. The third-order valence-electron chi connectivity index (χ3n) is 8.89. The lowest BCUT2D eigenvalue weighted by Crippen LogP contribution is -2.41. The van der Waals surface area contributed by atoms with E-state index in [-0.39, 0.29) is 34.4 Å². The van der Waals surface area contributed by atoms with Gasteiger partial charge in [-0.05, 0) is 58.7 Å². The highest BCUT2D eigenvalue weighted by molar-refractivity contribution is 6.09. The Hall–Kier alpha value is -5.97. The number of hydrogen-bond acceptors (Lipinski definition) is 9. The number of nitrogens with zero attached hydrogens (tertiary/aromatic N) is 2. The Labute approximate surface area is 261 Å². The van der Waals surface area contributed by atoms with Gasteiger partial charge in [0.2, 0.25) is 11.8 Å². The molecule has 0 spiro atoms. The highest BCUT2D eigenvalue weighted by Crippen LogP contribution is 2.60. The van der Waals surface area contributed by atoms with Gasteiger partial charge < -0.3 is 9.47 Å². The fraction of sp³-hybridized carbons (Fsp3) is 0.171. The number of rotatable bonds is 8. The predicted molar refractivity (Wildman–Crippen MR) is 160 cm³/mol. The predicted octanol–water partition coefficient (Wildman–Crippen LogP) is 4.43. The van der Waals surface area contributed by atoms with Crippen LogP contribution in [-0.2, 0) is 19.1 Å². The second-order valence-corrected chi connectivity index (χ2v) is 11.3. The zero-order chi connectivity index (χ0) is 32.1. The largest absolute Gasteiger partial charge is 0.456 e. The summed E-state index contributed by atoms with van der Waals surface area (Å²) in [6.07, 6.45) is 0. The molecule has 2 amide bonds. The van der Waals surface area contributed by atoms with Crippen LogP contribution in [0.2, 0.25) is 0 Å². The van der Waals surface area contributed by atoms with Gasteiger partial charge in [-0.25, -0.2) is 4.79 Å². The monoisotopic (exact) mass is 616 g/mol. The normalized spacial score (nSPS) is 20.4. The van der Waals surface area contributed by atoms with Crippen LogP contribution in [0.1, 0.15) is 54.8 Å². The average molecular weight is 617 g/mol. The quantitative estimate of drug-likeness (QED) is 0.0699. The summed E-state index contributed by atoms with van der Waals surface area (Å²) in [5, 5.41) is 10.8. The summed E-state index contributed by atoms with van der Waals surface area (Å²) in [7, 11) is 0. The Bertz CT molecular complexity index is 1840. The summed E-state index contributed by atoms with van der Waals surface area (Å²) in [6, 6.07) is 26.1. The number of benzene rings is 4. The van der Waals surface area contributed by atoms with Crippen LogP contribution >= 0.6 is 0 Å². The van der Waals surface area contributed by atoms with Crippen LogP contribution in [0.5, 0.6) is 5.75 Å². The maximum atomic E-state index is 13.7. The lowest BCUT2D eigenvalue weighted by molar-refractivity contribution is -0.384. The molecule has 3 aliphatic carbocycles. The van der Waals surface area contributed by atoms with Gasteiger partial charge in [0.25, 0.3) is 5.69 Å². The van der Waals surface area contributed by atoms with Gasteiger partial charge in [-0.3, -0.25) is 34.2 Å². The molecule has 11 nitrogen and oxygen atoms in total. The van der Waals surface area contributed by atoms with Crippen molar-refractivity contribution in [1.82, 2.24) is 4.90 Å². The number of carbonyl (C=O) groups excluding carboxylic acids is 5. The number of ether oxygens (including phenoxy) is 2. The molecule has 0 aromatic heterocycles. The number of carbonyl (C=O) groups is 5. The summed E-state index contributed by atoms with van der Waals surface area (Å²) in [5.41, 5.74) is 4.21. The maximum absolute atomic E-state index is 13.7. The molecule has 1 heterocycles. The number of amides is 2. The van der Waals surface area contributed by atoms with Crippen LogP contribution in [0, 0.1) is 22.0 Å². The maximum Gasteiger partial charge on any atom is 0.343 e. The molecule has 1 fully saturated rings. The molecule has 4 aromatic rings. The van der Waals surface area contributed by atoms with E-state index in [2.05, 4.69) is 0 Å². The molecule has 1 aliphatic heterocycles. The third-order valence-corrected chi connectivity index (χ3v) is 8.89. The zero-order valence-corrected chi connectivity index (χ0v) is 24.0. The van der Waals surface area contributed by atoms with Gasteiger partial charge >= 0.3 is 11.9 Å². The zero-order valence-electron chi connectivity index (χ0n) is 24.0. The van der Waals surface area contributed by atoms with E-state index in [4.69, 9.17) is 9.47 Å². The van der Waals surface area contributed by atoms with Crippen LogP contribution in [0.4, 0.5) is 5.69 Å². The summed E-state index contributed by atoms with van der Waals surface area (Å²) < 4.78 is 10.4. The average Bonchev–Trinajstić information content (AvgIpc) is 3.32. The fourth-order valence-corrected chi connectivity index (χ4v) is 6.89. The Balaban J connectivity index is 0.976. The molecule has 2 bridgehead atoms. The Morgan fingerprint density at radius 3 is 1.65 bits per heavy atom. The number of ketones is 1. The fourth-order valence-electron chi connectivity index (χ4n) is 6.89. The first-order chi connectivity index (χ1) is 22.2. The van der Waals surface area contributed by atoms with Crippen LogP contribution in [0.3, 0.4) is 0 Å². The number of hydrogen-bond donors (Lipinski definition) is 0. The molecule has 2 unspecified atom stereocenters. The summed E-state index contributed by atoms with van der Waals surface area (Å²) >= 11 is 0. The van der Waals surface area contributed by atoms with E-state index in [1.807, 2.05) is 48.5 Å². The minimum Gasteiger partial charge on any atom is -0.456 e. The molecule has 0 N–H and O–H groups in total. The summed E-state index contributed by atoms with van der Waals surface area (Å²) in [6.45, 7) is -1.21. The van der Waals surface area contributed by atoms with Crippen LogP contribution in [-0.4, -0.2) is 52.5 Å². The molecule has 0 radical (unpaired) electrons. The van der Waals surface area contributed by atoms with Gasteiger partial charge in [0, 0.05) is 29.5 Å². The van der Waals surface area contributed by atoms with Crippen LogP contribution in [0.15, 0.2) is 97.1 Å². The van der Waals surface area contributed by atoms with Gasteiger partial charge in [0.1, 0.15) is 12.3 Å². The first-order valence-electron chi connectivity index (χ1n) is 14.5. The summed E-state index contributed by atoms with van der Waals surface area (Å²) in [4.78, 5) is 76.4. The van der Waals surface area contributed by atoms with Gasteiger partial charge in [-0.15, -0.1) is 0 Å². The number of likely N-dealkylation sites (tertiary alicyclic amines) is 1. The topological polar surface area (TPSA) is 150 Å². The lowest BCUT2D eigenvalue weighted by atomic mass is 9.55.